The van der Waals surface area contributed by atoms with Gasteiger partial charge in [-0.25, -0.2) is 0 Å². The van der Waals surface area contributed by atoms with E-state index in [0.29, 0.717) is 33.7 Å². The Hall–Kier alpha value is -2.80. The summed E-state index contributed by atoms with van der Waals surface area (Å²) in [4.78, 5) is 12.7. The molecule has 30 heavy (non-hydrogen) atoms. The average molecular weight is 461 g/mol. The Balaban J connectivity index is 1.56. The first-order chi connectivity index (χ1) is 14.5. The minimum absolute atomic E-state index is 0.0892. The topological polar surface area (TPSA) is 59.6 Å². The van der Waals surface area contributed by atoms with E-state index in [-0.39, 0.29) is 11.7 Å². The second-order valence-corrected chi connectivity index (χ2v) is 7.21. The van der Waals surface area contributed by atoms with E-state index in [0.717, 1.165) is 5.75 Å². The van der Waals surface area contributed by atoms with Gasteiger partial charge < -0.3 is 14.8 Å². The van der Waals surface area contributed by atoms with Crippen LogP contribution < -0.4 is 20.1 Å². The van der Waals surface area contributed by atoms with Gasteiger partial charge in [0.05, 0.1) is 21.3 Å². The van der Waals surface area contributed by atoms with Gasteiger partial charge in [-0.1, -0.05) is 59.6 Å². The van der Waals surface area contributed by atoms with Crippen molar-refractivity contribution in [1.82, 2.24) is 5.32 Å². The molecule has 0 aliphatic carbocycles. The number of anilines is 1. The zero-order chi connectivity index (χ0) is 21.3. The molecule has 5 nitrogen and oxygen atoms in total. The number of hydrogen-bond acceptors (Lipinski definition) is 4. The van der Waals surface area contributed by atoms with Crippen molar-refractivity contribution in [3.63, 3.8) is 0 Å². The molecule has 1 amide bonds. The van der Waals surface area contributed by atoms with Crippen LogP contribution in [0, 0.1) is 0 Å². The molecule has 0 aliphatic rings. The summed E-state index contributed by atoms with van der Waals surface area (Å²) in [7, 11) is 0. The van der Waals surface area contributed by atoms with Gasteiger partial charge in [0.2, 0.25) is 0 Å². The fourth-order valence-corrected chi connectivity index (χ4v) is 3.08. The van der Waals surface area contributed by atoms with Crippen molar-refractivity contribution < 1.29 is 14.3 Å². The highest BCUT2D eigenvalue weighted by molar-refractivity contribution is 7.80. The molecule has 0 atom stereocenters. The van der Waals surface area contributed by atoms with Crippen molar-refractivity contribution in [2.24, 2.45) is 0 Å². The fraction of sp³-hybridized carbons (Fsp3) is 0.0909. The van der Waals surface area contributed by atoms with Crippen molar-refractivity contribution in [2.45, 2.75) is 0 Å². The Labute approximate surface area is 189 Å². The second kappa shape index (κ2) is 10.8. The predicted molar refractivity (Wildman–Crippen MR) is 124 cm³/mol. The first-order valence-corrected chi connectivity index (χ1v) is 10.2. The molecule has 0 saturated carbocycles. The molecule has 0 radical (unpaired) electrons. The molecule has 3 aromatic carbocycles. The van der Waals surface area contributed by atoms with E-state index in [1.54, 1.807) is 42.5 Å². The third kappa shape index (κ3) is 6.10. The summed E-state index contributed by atoms with van der Waals surface area (Å²) in [5.74, 6) is 0.767. The van der Waals surface area contributed by atoms with E-state index in [1.165, 1.54) is 0 Å². The quantitative estimate of drug-likeness (QED) is 0.356. The summed E-state index contributed by atoms with van der Waals surface area (Å²) in [5, 5.41) is 6.27. The van der Waals surface area contributed by atoms with E-state index in [1.807, 2.05) is 30.3 Å². The molecule has 0 saturated heterocycles. The smallest absolute Gasteiger partial charge is 0.261 e. The number of rotatable bonds is 7. The van der Waals surface area contributed by atoms with E-state index in [9.17, 15) is 4.79 Å². The Kier molecular flexibility index (Phi) is 7.90. The molecule has 154 valence electrons. The van der Waals surface area contributed by atoms with Crippen LogP contribution >= 0.6 is 35.4 Å². The summed E-state index contributed by atoms with van der Waals surface area (Å²) in [6, 6.07) is 21.4. The molecule has 3 rings (SSSR count). The number of carbonyl (C=O) groups is 1. The van der Waals surface area contributed by atoms with Crippen molar-refractivity contribution in [1.29, 1.82) is 0 Å². The average Bonchev–Trinajstić information content (AvgIpc) is 2.75. The zero-order valence-electron chi connectivity index (χ0n) is 15.7. The lowest BCUT2D eigenvalue weighted by molar-refractivity contribution is 0.0972. The van der Waals surface area contributed by atoms with Crippen LogP contribution in [0.3, 0.4) is 0 Å². The maximum atomic E-state index is 12.7. The van der Waals surface area contributed by atoms with Gasteiger partial charge in [0.1, 0.15) is 24.7 Å². The van der Waals surface area contributed by atoms with Gasteiger partial charge in [0.15, 0.2) is 5.11 Å². The number of ether oxygens (including phenoxy) is 2. The Bertz CT molecular complexity index is 1030. The summed E-state index contributed by atoms with van der Waals surface area (Å²) in [5.41, 5.74) is 0.843. The molecule has 0 heterocycles. The van der Waals surface area contributed by atoms with Crippen LogP contribution in [-0.2, 0) is 0 Å². The van der Waals surface area contributed by atoms with E-state index < -0.39 is 5.91 Å². The van der Waals surface area contributed by atoms with Crippen molar-refractivity contribution in [3.8, 4) is 11.5 Å². The molecular formula is C22H18Cl2N2O3S. The highest BCUT2D eigenvalue weighted by Gasteiger charge is 2.14. The molecule has 0 bridgehead atoms. The number of hydrogen-bond donors (Lipinski definition) is 2. The van der Waals surface area contributed by atoms with Crippen molar-refractivity contribution >= 4 is 52.1 Å². The predicted octanol–water partition coefficient (Wildman–Crippen LogP) is 5.58. The largest absolute Gasteiger partial charge is 0.490 e. The zero-order valence-corrected chi connectivity index (χ0v) is 18.1. The van der Waals surface area contributed by atoms with Gasteiger partial charge in [-0.3, -0.25) is 10.1 Å². The third-order valence-electron chi connectivity index (χ3n) is 3.91. The van der Waals surface area contributed by atoms with Gasteiger partial charge in [-0.15, -0.1) is 0 Å². The SMILES string of the molecule is O=C(NC(=S)Nc1cccc(Cl)c1Cl)c1ccccc1OCCOc1ccccc1. The number of benzene rings is 3. The van der Waals surface area contributed by atoms with Crippen molar-refractivity contribution in [3.05, 3.63) is 88.4 Å². The van der Waals surface area contributed by atoms with E-state index in [2.05, 4.69) is 10.6 Å². The normalized spacial score (nSPS) is 10.2. The third-order valence-corrected chi connectivity index (χ3v) is 4.93. The first-order valence-electron chi connectivity index (χ1n) is 9.00. The summed E-state index contributed by atoms with van der Waals surface area (Å²) in [6.45, 7) is 0.618. The van der Waals surface area contributed by atoms with Crippen LogP contribution in [0.5, 0.6) is 11.5 Å². The van der Waals surface area contributed by atoms with Gasteiger partial charge in [0, 0.05) is 0 Å². The molecule has 3 aromatic rings. The number of halogens is 2. The maximum absolute atomic E-state index is 12.7. The minimum Gasteiger partial charge on any atom is -0.490 e. The number of carbonyl (C=O) groups excluding carboxylic acids is 1. The molecule has 0 fully saturated rings. The van der Waals surface area contributed by atoms with Gasteiger partial charge in [-0.2, -0.15) is 0 Å². The number of thiocarbonyl (C=S) groups is 1. The lowest BCUT2D eigenvalue weighted by Crippen LogP contribution is -2.34. The second-order valence-electron chi connectivity index (χ2n) is 6.02. The number of amides is 1. The number of para-hydroxylation sites is 2. The Morgan fingerprint density at radius 3 is 2.37 bits per heavy atom. The van der Waals surface area contributed by atoms with Gasteiger partial charge >= 0.3 is 0 Å². The molecule has 0 spiro atoms. The summed E-state index contributed by atoms with van der Waals surface area (Å²) in [6.07, 6.45) is 0. The van der Waals surface area contributed by atoms with Crippen molar-refractivity contribution in [2.75, 3.05) is 18.5 Å². The van der Waals surface area contributed by atoms with E-state index >= 15 is 0 Å². The molecule has 0 aromatic heterocycles. The van der Waals surface area contributed by atoms with Gasteiger partial charge in [0.25, 0.3) is 5.91 Å². The Morgan fingerprint density at radius 2 is 1.57 bits per heavy atom. The summed E-state index contributed by atoms with van der Waals surface area (Å²) < 4.78 is 11.3. The molecule has 0 aliphatic heterocycles. The lowest BCUT2D eigenvalue weighted by Gasteiger charge is -2.14. The highest BCUT2D eigenvalue weighted by Crippen LogP contribution is 2.29. The monoisotopic (exact) mass is 460 g/mol. The number of nitrogens with one attached hydrogen (secondary N) is 2. The minimum atomic E-state index is -0.412. The molecular weight excluding hydrogens is 443 g/mol. The molecule has 0 unspecified atom stereocenters. The Morgan fingerprint density at radius 1 is 0.867 bits per heavy atom. The van der Waals surface area contributed by atoms with Crippen LogP contribution in [0.25, 0.3) is 0 Å². The molecule has 2 N–H and O–H groups in total. The van der Waals surface area contributed by atoms with Crippen LogP contribution in [0.1, 0.15) is 10.4 Å². The maximum Gasteiger partial charge on any atom is 0.261 e. The van der Waals surface area contributed by atoms with Crippen LogP contribution in [0.2, 0.25) is 10.0 Å². The lowest BCUT2D eigenvalue weighted by atomic mass is 10.2. The van der Waals surface area contributed by atoms with Crippen LogP contribution in [0.15, 0.2) is 72.8 Å². The first kappa shape index (κ1) is 21.9. The summed E-state index contributed by atoms with van der Waals surface area (Å²) >= 11 is 17.3. The van der Waals surface area contributed by atoms with Crippen LogP contribution in [-0.4, -0.2) is 24.2 Å². The van der Waals surface area contributed by atoms with Crippen LogP contribution in [0.4, 0.5) is 5.69 Å². The van der Waals surface area contributed by atoms with E-state index in [4.69, 9.17) is 44.9 Å². The standard InChI is InChI=1S/C22H18Cl2N2O3S/c23-17-10-6-11-18(20(17)24)25-22(30)26-21(27)16-9-4-5-12-19(16)29-14-13-28-15-7-2-1-3-8-15/h1-12H,13-14H2,(H2,25,26,27,30). The fourth-order valence-electron chi connectivity index (χ4n) is 2.53. The van der Waals surface area contributed by atoms with Gasteiger partial charge in [-0.05, 0) is 48.6 Å². The molecule has 8 heteroatoms. The highest BCUT2D eigenvalue weighted by atomic mass is 35.5.